The highest BCUT2D eigenvalue weighted by molar-refractivity contribution is 5.67. The lowest BCUT2D eigenvalue weighted by molar-refractivity contribution is 0.464. The molecule has 0 spiro atoms. The highest BCUT2D eigenvalue weighted by Crippen LogP contribution is 2.37. The summed E-state index contributed by atoms with van der Waals surface area (Å²) >= 11 is 0. The van der Waals surface area contributed by atoms with Crippen molar-refractivity contribution >= 4 is 5.76 Å². The van der Waals surface area contributed by atoms with Crippen molar-refractivity contribution in [1.82, 2.24) is 9.97 Å². The SMILES string of the molecule is N#Cc1ccc([C@@H]2C=C(c3ccccc3)Oc3[nH]c(=O)[nH]c(=O)c32)cc1. The van der Waals surface area contributed by atoms with E-state index in [-0.39, 0.29) is 5.88 Å². The third kappa shape index (κ3) is 2.72. The van der Waals surface area contributed by atoms with E-state index in [1.807, 2.05) is 36.4 Å². The van der Waals surface area contributed by atoms with Crippen molar-refractivity contribution in [3.63, 3.8) is 0 Å². The van der Waals surface area contributed by atoms with Crippen molar-refractivity contribution in [1.29, 1.82) is 5.26 Å². The number of fused-ring (bicyclic) bond motifs is 1. The summed E-state index contributed by atoms with van der Waals surface area (Å²) in [6.45, 7) is 0. The van der Waals surface area contributed by atoms with Crippen LogP contribution in [0.3, 0.4) is 0 Å². The van der Waals surface area contributed by atoms with E-state index >= 15 is 0 Å². The molecule has 4 rings (SSSR count). The third-order valence-corrected chi connectivity index (χ3v) is 4.24. The van der Waals surface area contributed by atoms with Gasteiger partial charge in [0, 0.05) is 11.5 Å². The van der Waals surface area contributed by atoms with Gasteiger partial charge >= 0.3 is 5.69 Å². The van der Waals surface area contributed by atoms with Crippen LogP contribution in [0.5, 0.6) is 5.88 Å². The summed E-state index contributed by atoms with van der Waals surface area (Å²) in [6.07, 6.45) is 1.84. The first-order chi connectivity index (χ1) is 12.7. The van der Waals surface area contributed by atoms with Crippen molar-refractivity contribution in [2.45, 2.75) is 5.92 Å². The van der Waals surface area contributed by atoms with Crippen molar-refractivity contribution in [2.24, 2.45) is 0 Å². The molecule has 26 heavy (non-hydrogen) atoms. The van der Waals surface area contributed by atoms with Gasteiger partial charge in [-0.25, -0.2) is 4.79 Å². The van der Waals surface area contributed by atoms with Crippen molar-refractivity contribution < 1.29 is 4.74 Å². The minimum absolute atomic E-state index is 0.134. The molecule has 2 heterocycles. The van der Waals surface area contributed by atoms with Crippen molar-refractivity contribution in [2.75, 3.05) is 0 Å². The second-order valence-electron chi connectivity index (χ2n) is 5.86. The molecule has 1 aliphatic rings. The molecule has 1 aliphatic heterocycles. The van der Waals surface area contributed by atoms with E-state index in [0.717, 1.165) is 11.1 Å². The number of allylic oxidation sites excluding steroid dienone is 1. The Morgan fingerprint density at radius 2 is 1.69 bits per heavy atom. The van der Waals surface area contributed by atoms with Gasteiger partial charge in [-0.05, 0) is 23.8 Å². The van der Waals surface area contributed by atoms with E-state index in [4.69, 9.17) is 10.00 Å². The predicted octanol–water partition coefficient (Wildman–Crippen LogP) is 2.50. The van der Waals surface area contributed by atoms with Crippen LogP contribution in [0.15, 0.2) is 70.3 Å². The monoisotopic (exact) mass is 343 g/mol. The number of hydrogen-bond donors (Lipinski definition) is 2. The average Bonchev–Trinajstić information content (AvgIpc) is 2.67. The Morgan fingerprint density at radius 1 is 0.962 bits per heavy atom. The molecule has 3 aromatic rings. The number of hydrogen-bond acceptors (Lipinski definition) is 4. The smallest absolute Gasteiger partial charge is 0.328 e. The number of aromatic amines is 2. The number of nitrogens with one attached hydrogen (secondary N) is 2. The van der Waals surface area contributed by atoms with Gasteiger partial charge in [0.1, 0.15) is 5.76 Å². The average molecular weight is 343 g/mol. The number of benzene rings is 2. The summed E-state index contributed by atoms with van der Waals surface area (Å²) in [6, 6.07) is 18.5. The molecule has 126 valence electrons. The largest absolute Gasteiger partial charge is 0.440 e. The Hall–Kier alpha value is -3.85. The lowest BCUT2D eigenvalue weighted by Crippen LogP contribution is -2.30. The number of aromatic nitrogens is 2. The van der Waals surface area contributed by atoms with Gasteiger partial charge in [-0.2, -0.15) is 5.26 Å². The number of nitriles is 1. The molecular weight excluding hydrogens is 330 g/mol. The van der Waals surface area contributed by atoms with E-state index < -0.39 is 17.2 Å². The zero-order valence-electron chi connectivity index (χ0n) is 13.5. The van der Waals surface area contributed by atoms with Crippen molar-refractivity contribution in [3.05, 3.63) is 104 Å². The summed E-state index contributed by atoms with van der Waals surface area (Å²) < 4.78 is 5.81. The Labute approximate surface area is 148 Å². The Kier molecular flexibility index (Phi) is 3.75. The molecule has 0 unspecified atom stereocenters. The van der Waals surface area contributed by atoms with Crippen molar-refractivity contribution in [3.8, 4) is 11.9 Å². The molecule has 0 aliphatic carbocycles. The lowest BCUT2D eigenvalue weighted by atomic mass is 9.89. The summed E-state index contributed by atoms with van der Waals surface area (Å²) in [5, 5.41) is 8.99. The van der Waals surface area contributed by atoms with Crippen LogP contribution in [-0.4, -0.2) is 9.97 Å². The molecule has 1 atom stereocenters. The minimum atomic E-state index is -0.623. The molecular formula is C20H13N3O3. The van der Waals surface area contributed by atoms with E-state index in [1.165, 1.54) is 0 Å². The van der Waals surface area contributed by atoms with E-state index in [0.29, 0.717) is 16.9 Å². The van der Waals surface area contributed by atoms with Crippen LogP contribution < -0.4 is 16.0 Å². The zero-order valence-corrected chi connectivity index (χ0v) is 13.5. The molecule has 6 nitrogen and oxygen atoms in total. The van der Waals surface area contributed by atoms with Crippen LogP contribution in [0.4, 0.5) is 0 Å². The van der Waals surface area contributed by atoms with E-state index in [9.17, 15) is 9.59 Å². The molecule has 1 aromatic heterocycles. The highest BCUT2D eigenvalue weighted by Gasteiger charge is 2.28. The summed E-state index contributed by atoms with van der Waals surface area (Å²) in [7, 11) is 0. The van der Waals surface area contributed by atoms with Gasteiger partial charge in [-0.1, -0.05) is 42.5 Å². The Bertz CT molecular complexity index is 1150. The van der Waals surface area contributed by atoms with Gasteiger partial charge in [0.25, 0.3) is 5.56 Å². The molecule has 0 bridgehead atoms. The highest BCUT2D eigenvalue weighted by atomic mass is 16.5. The molecule has 6 heteroatoms. The first-order valence-electron chi connectivity index (χ1n) is 7.97. The maximum Gasteiger partial charge on any atom is 0.328 e. The second kappa shape index (κ2) is 6.22. The van der Waals surface area contributed by atoms with Crippen LogP contribution >= 0.6 is 0 Å². The van der Waals surface area contributed by atoms with Gasteiger partial charge < -0.3 is 4.74 Å². The number of nitrogens with zero attached hydrogens (tertiary/aromatic N) is 1. The van der Waals surface area contributed by atoms with Crippen LogP contribution in [0.1, 0.15) is 28.2 Å². The normalized spacial score (nSPS) is 15.3. The lowest BCUT2D eigenvalue weighted by Gasteiger charge is -2.24. The number of ether oxygens (including phenoxy) is 1. The molecule has 0 fully saturated rings. The zero-order chi connectivity index (χ0) is 18.1. The number of rotatable bonds is 2. The maximum atomic E-state index is 12.4. The van der Waals surface area contributed by atoms with Gasteiger partial charge in [0.15, 0.2) is 0 Å². The van der Waals surface area contributed by atoms with Crippen LogP contribution in [0.25, 0.3) is 5.76 Å². The molecule has 0 radical (unpaired) electrons. The Balaban J connectivity index is 1.91. The van der Waals surface area contributed by atoms with E-state index in [2.05, 4.69) is 16.0 Å². The fraction of sp³-hybridized carbons (Fsp3) is 0.0500. The molecule has 2 N–H and O–H groups in total. The molecule has 0 saturated carbocycles. The van der Waals surface area contributed by atoms with E-state index in [1.54, 1.807) is 24.3 Å². The molecule has 2 aromatic carbocycles. The first-order valence-corrected chi connectivity index (χ1v) is 7.97. The Morgan fingerprint density at radius 3 is 2.38 bits per heavy atom. The third-order valence-electron chi connectivity index (χ3n) is 4.24. The van der Waals surface area contributed by atoms with Gasteiger partial charge in [-0.3, -0.25) is 14.8 Å². The van der Waals surface area contributed by atoms with Gasteiger partial charge in [0.05, 0.1) is 17.2 Å². The summed E-state index contributed by atoms with van der Waals surface area (Å²) in [4.78, 5) is 28.9. The second-order valence-corrected chi connectivity index (χ2v) is 5.86. The summed E-state index contributed by atoms with van der Waals surface area (Å²) in [5.41, 5.74) is 1.39. The van der Waals surface area contributed by atoms with Crippen LogP contribution in [0.2, 0.25) is 0 Å². The quantitative estimate of drug-likeness (QED) is 0.747. The van der Waals surface area contributed by atoms with Gasteiger partial charge in [-0.15, -0.1) is 0 Å². The molecule has 0 amide bonds. The van der Waals surface area contributed by atoms with Gasteiger partial charge in [0.2, 0.25) is 5.88 Å². The van der Waals surface area contributed by atoms with Crippen LogP contribution in [-0.2, 0) is 0 Å². The first kappa shape index (κ1) is 15.7. The predicted molar refractivity (Wildman–Crippen MR) is 95.7 cm³/mol. The fourth-order valence-electron chi connectivity index (χ4n) is 3.00. The topological polar surface area (TPSA) is 98.7 Å². The standard InChI is InChI=1S/C20H13N3O3/c21-11-12-6-8-13(9-7-12)15-10-16(14-4-2-1-3-5-14)26-19-17(15)18(24)22-20(25)23-19/h1-10,15H,(H2,22,23,24,25)/t15-/m0/s1. The minimum Gasteiger partial charge on any atom is -0.440 e. The maximum absolute atomic E-state index is 12.4. The van der Waals surface area contributed by atoms with Crippen LogP contribution in [0, 0.1) is 11.3 Å². The number of H-pyrrole nitrogens is 2. The fourth-order valence-corrected chi connectivity index (χ4v) is 3.00. The summed E-state index contributed by atoms with van der Waals surface area (Å²) in [5.74, 6) is 0.269. The molecule has 0 saturated heterocycles.